The van der Waals surface area contributed by atoms with Crippen LogP contribution in [-0.2, 0) is 17.1 Å². The van der Waals surface area contributed by atoms with Gasteiger partial charge in [-0.2, -0.15) is 0 Å². The van der Waals surface area contributed by atoms with E-state index in [-0.39, 0.29) is 17.4 Å². The quantitative estimate of drug-likeness (QED) is 0.251. The number of hydrogen-bond donors (Lipinski definition) is 3. The van der Waals surface area contributed by atoms with Crippen LogP contribution in [0.3, 0.4) is 0 Å². The molecule has 1 rings (SSSR count). The van der Waals surface area contributed by atoms with E-state index in [1.54, 1.807) is 7.05 Å². The molecule has 1 aromatic heterocycles. The van der Waals surface area contributed by atoms with Crippen LogP contribution in [0.4, 0.5) is 0 Å². The lowest BCUT2D eigenvalue weighted by Gasteiger charge is -2.01. The highest BCUT2D eigenvalue weighted by Crippen LogP contribution is 2.02. The van der Waals surface area contributed by atoms with Gasteiger partial charge in [-0.05, 0) is 0 Å². The number of aromatic nitrogens is 2. The minimum absolute atomic E-state index is 0.115. The molecule has 0 spiro atoms. The van der Waals surface area contributed by atoms with E-state index in [4.69, 9.17) is 10.9 Å². The zero-order valence-corrected chi connectivity index (χ0v) is 8.77. The van der Waals surface area contributed by atoms with Crippen molar-refractivity contribution in [3.63, 3.8) is 0 Å². The predicted molar refractivity (Wildman–Crippen MR) is 51.8 cm³/mol. The third kappa shape index (κ3) is 2.92. The van der Waals surface area contributed by atoms with Crippen LogP contribution in [0.15, 0.2) is 22.7 Å². The summed E-state index contributed by atoms with van der Waals surface area (Å²) in [6.45, 7) is -0.268. The Balaban J connectivity index is 2.77. The van der Waals surface area contributed by atoms with Crippen molar-refractivity contribution in [1.29, 1.82) is 0 Å². The number of aryl methyl sites for hydroxylation is 1. The van der Waals surface area contributed by atoms with Gasteiger partial charge in [0.2, 0.25) is 0 Å². The van der Waals surface area contributed by atoms with Crippen molar-refractivity contribution < 1.29 is 13.6 Å². The fraction of sp³-hybridized carbons (Fsp3) is 0.333. The lowest BCUT2D eigenvalue weighted by Crippen LogP contribution is -2.33. The van der Waals surface area contributed by atoms with E-state index >= 15 is 0 Å². The molecule has 0 aliphatic rings. The Morgan fingerprint density at radius 2 is 2.47 bits per heavy atom. The lowest BCUT2D eigenvalue weighted by atomic mass is 10.6. The van der Waals surface area contributed by atoms with Crippen LogP contribution in [0.25, 0.3) is 0 Å². The number of hydrogen-bond acceptors (Lipinski definition) is 5. The summed E-state index contributed by atoms with van der Waals surface area (Å²) in [7, 11) is -2.05. The second-order valence-electron chi connectivity index (χ2n) is 2.79. The number of oxime groups is 1. The molecular formula is C6H11N5O3S. The number of imidazole rings is 1. The fourth-order valence-electron chi connectivity index (χ4n) is 0.806. The zero-order chi connectivity index (χ0) is 11.5. The topological polar surface area (TPSA) is 123 Å². The molecule has 1 aromatic rings. The summed E-state index contributed by atoms with van der Waals surface area (Å²) in [6.07, 6.45) is 2.70. The molecule has 0 radical (unpaired) electrons. The minimum atomic E-state index is -3.70. The van der Waals surface area contributed by atoms with Crippen molar-refractivity contribution in [2.24, 2.45) is 17.9 Å². The third-order valence-electron chi connectivity index (χ3n) is 1.53. The maximum absolute atomic E-state index is 11.5. The number of nitrogens with one attached hydrogen (secondary N) is 1. The predicted octanol–water partition coefficient (Wildman–Crippen LogP) is -1.56. The van der Waals surface area contributed by atoms with E-state index in [0.717, 1.165) is 0 Å². The van der Waals surface area contributed by atoms with Gasteiger partial charge in [0, 0.05) is 13.2 Å². The number of nitrogens with two attached hydrogens (primary N) is 1. The van der Waals surface area contributed by atoms with E-state index in [1.165, 1.54) is 17.1 Å². The van der Waals surface area contributed by atoms with Gasteiger partial charge in [-0.3, -0.25) is 0 Å². The van der Waals surface area contributed by atoms with Crippen LogP contribution in [0.1, 0.15) is 0 Å². The van der Waals surface area contributed by atoms with Crippen molar-refractivity contribution in [2.75, 3.05) is 6.54 Å². The largest absolute Gasteiger partial charge is 0.409 e. The summed E-state index contributed by atoms with van der Waals surface area (Å²) in [4.78, 5) is 3.66. The molecule has 1 heterocycles. The number of rotatable bonds is 4. The maximum Gasteiger partial charge on any atom is 0.259 e. The number of nitrogens with zero attached hydrogens (tertiary/aromatic N) is 3. The Bertz CT molecular complexity index is 463. The van der Waals surface area contributed by atoms with E-state index in [0.29, 0.717) is 0 Å². The standard InChI is InChI=1S/C6H11N5O3S/c1-11-3-6(8-4-11)15(13,14)9-2-5(7)10-12/h3-4,9,12H,2H2,1H3,(H2,7,10). The van der Waals surface area contributed by atoms with Crippen LogP contribution < -0.4 is 10.5 Å². The molecule has 15 heavy (non-hydrogen) atoms. The van der Waals surface area contributed by atoms with Gasteiger partial charge < -0.3 is 15.5 Å². The highest BCUT2D eigenvalue weighted by Gasteiger charge is 2.16. The van der Waals surface area contributed by atoms with Gasteiger partial charge in [0.1, 0.15) is 0 Å². The summed E-state index contributed by atoms with van der Waals surface area (Å²) in [5.41, 5.74) is 5.11. The number of amidine groups is 1. The summed E-state index contributed by atoms with van der Waals surface area (Å²) in [6, 6.07) is 0. The SMILES string of the molecule is Cn1cnc(S(=O)(=O)NCC(N)=NO)c1. The van der Waals surface area contributed by atoms with Crippen LogP contribution in [0.5, 0.6) is 0 Å². The molecule has 4 N–H and O–H groups in total. The van der Waals surface area contributed by atoms with Crippen LogP contribution in [0, 0.1) is 0 Å². The molecule has 0 bridgehead atoms. The van der Waals surface area contributed by atoms with Crippen molar-refractivity contribution in [2.45, 2.75) is 5.03 Å². The van der Waals surface area contributed by atoms with E-state index in [2.05, 4.69) is 14.9 Å². The molecule has 0 amide bonds. The van der Waals surface area contributed by atoms with Crippen molar-refractivity contribution >= 4 is 15.9 Å². The lowest BCUT2D eigenvalue weighted by molar-refractivity contribution is 0.317. The molecule has 0 aromatic carbocycles. The average Bonchev–Trinajstić information content (AvgIpc) is 2.62. The monoisotopic (exact) mass is 233 g/mol. The Kier molecular flexibility index (Phi) is 3.27. The highest BCUT2D eigenvalue weighted by atomic mass is 32.2. The molecule has 0 atom stereocenters. The Morgan fingerprint density at radius 1 is 1.80 bits per heavy atom. The molecule has 0 saturated carbocycles. The van der Waals surface area contributed by atoms with Crippen molar-refractivity contribution in [3.05, 3.63) is 12.5 Å². The molecule has 0 unspecified atom stereocenters. The molecule has 84 valence electrons. The van der Waals surface area contributed by atoms with Crippen LogP contribution in [0.2, 0.25) is 0 Å². The Labute approximate surface area is 86.5 Å². The molecule has 8 nitrogen and oxygen atoms in total. The Morgan fingerprint density at radius 3 is 2.93 bits per heavy atom. The van der Waals surface area contributed by atoms with Gasteiger partial charge in [0.05, 0.1) is 12.9 Å². The normalized spacial score (nSPS) is 13.0. The van der Waals surface area contributed by atoms with Gasteiger partial charge in [0.15, 0.2) is 10.9 Å². The fourth-order valence-corrected chi connectivity index (χ4v) is 1.78. The highest BCUT2D eigenvalue weighted by molar-refractivity contribution is 7.89. The van der Waals surface area contributed by atoms with E-state index in [1.807, 2.05) is 0 Å². The first-order chi connectivity index (χ1) is 6.95. The van der Waals surface area contributed by atoms with Crippen LogP contribution >= 0.6 is 0 Å². The second kappa shape index (κ2) is 4.28. The first-order valence-corrected chi connectivity index (χ1v) is 5.38. The summed E-state index contributed by atoms with van der Waals surface area (Å²) in [5, 5.41) is 10.7. The molecule has 0 fully saturated rings. The summed E-state index contributed by atoms with van der Waals surface area (Å²) >= 11 is 0. The smallest absolute Gasteiger partial charge is 0.259 e. The van der Waals surface area contributed by atoms with Gasteiger partial charge in [0.25, 0.3) is 10.0 Å². The van der Waals surface area contributed by atoms with Crippen LogP contribution in [-0.4, -0.2) is 35.6 Å². The summed E-state index contributed by atoms with van der Waals surface area (Å²) in [5.74, 6) is -0.227. The molecule has 0 saturated heterocycles. The van der Waals surface area contributed by atoms with Gasteiger partial charge in [-0.25, -0.2) is 18.1 Å². The summed E-state index contributed by atoms with van der Waals surface area (Å²) < 4.78 is 26.6. The van der Waals surface area contributed by atoms with Gasteiger partial charge >= 0.3 is 0 Å². The second-order valence-corrected chi connectivity index (χ2v) is 4.51. The molecule has 0 aliphatic carbocycles. The molecular weight excluding hydrogens is 222 g/mol. The molecule has 9 heteroatoms. The first kappa shape index (κ1) is 11.5. The Hall–Kier alpha value is -1.61. The van der Waals surface area contributed by atoms with Gasteiger partial charge in [-0.15, -0.1) is 0 Å². The van der Waals surface area contributed by atoms with E-state index in [9.17, 15) is 8.42 Å². The van der Waals surface area contributed by atoms with Crippen molar-refractivity contribution in [3.8, 4) is 0 Å². The van der Waals surface area contributed by atoms with E-state index < -0.39 is 10.0 Å². The van der Waals surface area contributed by atoms with Gasteiger partial charge in [-0.1, -0.05) is 5.16 Å². The maximum atomic E-state index is 11.5. The minimum Gasteiger partial charge on any atom is -0.409 e. The van der Waals surface area contributed by atoms with Crippen molar-refractivity contribution in [1.82, 2.24) is 14.3 Å². The number of sulfonamides is 1. The zero-order valence-electron chi connectivity index (χ0n) is 7.95. The average molecular weight is 233 g/mol. The third-order valence-corrected chi connectivity index (χ3v) is 2.81. The first-order valence-electron chi connectivity index (χ1n) is 3.90. The molecule has 0 aliphatic heterocycles.